The molecule has 8 heteroatoms. The van der Waals surface area contributed by atoms with Crippen molar-refractivity contribution in [2.75, 3.05) is 0 Å². The highest BCUT2D eigenvalue weighted by molar-refractivity contribution is 9.10. The summed E-state index contributed by atoms with van der Waals surface area (Å²) in [5, 5.41) is 23.9. The molecule has 25 heavy (non-hydrogen) atoms. The van der Waals surface area contributed by atoms with Crippen LogP contribution in [0.4, 0.5) is 5.69 Å². The van der Waals surface area contributed by atoms with E-state index in [0.717, 1.165) is 12.0 Å². The molecule has 0 unspecified atom stereocenters. The van der Waals surface area contributed by atoms with Crippen molar-refractivity contribution in [1.82, 2.24) is 5.43 Å². The van der Waals surface area contributed by atoms with Gasteiger partial charge in [0.1, 0.15) is 5.75 Å². The average Bonchev–Trinajstić information content (AvgIpc) is 2.58. The fourth-order valence-corrected chi connectivity index (χ4v) is 2.49. The highest BCUT2D eigenvalue weighted by Gasteiger charge is 2.11. The smallest absolute Gasteiger partial charge is 0.284 e. The molecular formula is C17H16BrN3O4. The minimum atomic E-state index is -0.497. The normalized spacial score (nSPS) is 10.8. The maximum absolute atomic E-state index is 11.7. The lowest BCUT2D eigenvalue weighted by Crippen LogP contribution is -2.17. The molecule has 0 aliphatic carbocycles. The second-order valence-electron chi connectivity index (χ2n) is 5.28. The number of aromatic hydroxyl groups is 1. The second kappa shape index (κ2) is 8.93. The van der Waals surface area contributed by atoms with Gasteiger partial charge in [0, 0.05) is 18.1 Å². The molecule has 0 aliphatic rings. The van der Waals surface area contributed by atoms with Crippen LogP contribution in [0, 0.1) is 10.1 Å². The number of carbonyl (C=O) groups is 1. The van der Waals surface area contributed by atoms with Crippen LogP contribution in [0.5, 0.6) is 5.75 Å². The number of nitro benzene ring substituents is 1. The Kier molecular flexibility index (Phi) is 6.64. The molecule has 0 atom stereocenters. The molecule has 0 bridgehead atoms. The van der Waals surface area contributed by atoms with Crippen LogP contribution in [0.3, 0.4) is 0 Å². The van der Waals surface area contributed by atoms with Crippen molar-refractivity contribution in [3.63, 3.8) is 0 Å². The van der Waals surface area contributed by atoms with Crippen LogP contribution in [0.1, 0.15) is 24.0 Å². The Bertz CT molecular complexity index is 791. The summed E-state index contributed by atoms with van der Waals surface area (Å²) in [4.78, 5) is 22.1. The molecule has 1 amide bonds. The van der Waals surface area contributed by atoms with Gasteiger partial charge >= 0.3 is 0 Å². The lowest BCUT2D eigenvalue weighted by molar-refractivity contribution is -0.385. The van der Waals surface area contributed by atoms with E-state index in [1.807, 2.05) is 12.1 Å². The molecular weight excluding hydrogens is 390 g/mol. The predicted molar refractivity (Wildman–Crippen MR) is 97.6 cm³/mol. The van der Waals surface area contributed by atoms with Gasteiger partial charge in [0.15, 0.2) is 0 Å². The number of nitrogens with zero attached hydrogens (tertiary/aromatic N) is 2. The van der Waals surface area contributed by atoms with Gasteiger partial charge in [-0.3, -0.25) is 14.9 Å². The van der Waals surface area contributed by atoms with Gasteiger partial charge in [-0.1, -0.05) is 18.2 Å². The van der Waals surface area contributed by atoms with Crippen molar-refractivity contribution in [3.05, 3.63) is 68.2 Å². The standard InChI is InChI=1S/C17H16BrN3O4/c18-15-9-6-13(10-16(15)21(24)25)11-19-20-17(23)3-1-2-12-4-7-14(22)8-5-12/h4-11,22H,1-3H2,(H,20,23). The molecule has 2 rings (SSSR count). The molecule has 0 aliphatic heterocycles. The first kappa shape index (κ1) is 18.6. The Morgan fingerprint density at radius 3 is 2.68 bits per heavy atom. The maximum atomic E-state index is 11.7. The zero-order chi connectivity index (χ0) is 18.2. The van der Waals surface area contributed by atoms with Crippen LogP contribution in [-0.2, 0) is 11.2 Å². The van der Waals surface area contributed by atoms with E-state index in [1.165, 1.54) is 12.3 Å². The molecule has 130 valence electrons. The lowest BCUT2D eigenvalue weighted by Gasteiger charge is -2.02. The van der Waals surface area contributed by atoms with Gasteiger partial charge in [-0.05, 0) is 52.5 Å². The number of amides is 1. The summed E-state index contributed by atoms with van der Waals surface area (Å²) in [7, 11) is 0. The van der Waals surface area contributed by atoms with Crippen molar-refractivity contribution in [1.29, 1.82) is 0 Å². The zero-order valence-electron chi connectivity index (χ0n) is 13.2. The quantitative estimate of drug-likeness (QED) is 0.417. The van der Waals surface area contributed by atoms with E-state index in [2.05, 4.69) is 26.5 Å². The Labute approximate surface area is 152 Å². The van der Waals surface area contributed by atoms with Crippen LogP contribution >= 0.6 is 15.9 Å². The first-order chi connectivity index (χ1) is 12.0. The van der Waals surface area contributed by atoms with E-state index < -0.39 is 4.92 Å². The van der Waals surface area contributed by atoms with Gasteiger partial charge in [0.2, 0.25) is 5.91 Å². The van der Waals surface area contributed by atoms with Crippen molar-refractivity contribution in [2.24, 2.45) is 5.10 Å². The summed E-state index contributed by atoms with van der Waals surface area (Å²) in [6, 6.07) is 11.4. The molecule has 0 saturated heterocycles. The van der Waals surface area contributed by atoms with Gasteiger partial charge in [-0.2, -0.15) is 5.10 Å². The number of rotatable bonds is 7. The van der Waals surface area contributed by atoms with Gasteiger partial charge < -0.3 is 5.11 Å². The molecule has 0 fully saturated rings. The average molecular weight is 406 g/mol. The van der Waals surface area contributed by atoms with E-state index >= 15 is 0 Å². The molecule has 2 aromatic carbocycles. The van der Waals surface area contributed by atoms with Crippen LogP contribution in [-0.4, -0.2) is 22.2 Å². The monoisotopic (exact) mass is 405 g/mol. The SMILES string of the molecule is O=C(CCCc1ccc(O)cc1)NN=Cc1ccc(Br)c([N+](=O)[O-])c1. The molecule has 0 saturated carbocycles. The molecule has 0 aromatic heterocycles. The van der Waals surface area contributed by atoms with E-state index in [1.54, 1.807) is 24.3 Å². The highest BCUT2D eigenvalue weighted by Crippen LogP contribution is 2.24. The fraction of sp³-hybridized carbons (Fsp3) is 0.176. The highest BCUT2D eigenvalue weighted by atomic mass is 79.9. The van der Waals surface area contributed by atoms with Crippen LogP contribution in [0.15, 0.2) is 52.0 Å². The number of nitrogens with one attached hydrogen (secondary N) is 1. The van der Waals surface area contributed by atoms with Gasteiger partial charge in [0.25, 0.3) is 5.69 Å². The number of aryl methyl sites for hydroxylation is 1. The number of benzene rings is 2. The second-order valence-corrected chi connectivity index (χ2v) is 6.14. The minimum Gasteiger partial charge on any atom is -0.508 e. The van der Waals surface area contributed by atoms with E-state index in [0.29, 0.717) is 22.9 Å². The number of hydrogen-bond donors (Lipinski definition) is 2. The van der Waals surface area contributed by atoms with Crippen molar-refractivity contribution in [2.45, 2.75) is 19.3 Å². The van der Waals surface area contributed by atoms with Crippen molar-refractivity contribution in [3.8, 4) is 5.75 Å². The number of nitro groups is 1. The first-order valence-electron chi connectivity index (χ1n) is 7.49. The number of carbonyl (C=O) groups excluding carboxylic acids is 1. The number of hydrazone groups is 1. The third-order valence-electron chi connectivity index (χ3n) is 3.38. The van der Waals surface area contributed by atoms with E-state index in [4.69, 9.17) is 0 Å². The Hall–Kier alpha value is -2.74. The summed E-state index contributed by atoms with van der Waals surface area (Å²) in [5.41, 5.74) is 3.88. The van der Waals surface area contributed by atoms with Crippen molar-refractivity contribution >= 4 is 33.7 Å². The van der Waals surface area contributed by atoms with Gasteiger partial charge in [-0.25, -0.2) is 5.43 Å². The summed E-state index contributed by atoms with van der Waals surface area (Å²) >= 11 is 3.10. The largest absolute Gasteiger partial charge is 0.508 e. The summed E-state index contributed by atoms with van der Waals surface area (Å²) in [6.45, 7) is 0. The molecule has 2 N–H and O–H groups in total. The molecule has 2 aromatic rings. The number of hydrogen-bond acceptors (Lipinski definition) is 5. The van der Waals surface area contributed by atoms with Crippen LogP contribution in [0.25, 0.3) is 0 Å². The lowest BCUT2D eigenvalue weighted by atomic mass is 10.1. The first-order valence-corrected chi connectivity index (χ1v) is 8.29. The topological polar surface area (TPSA) is 105 Å². The van der Waals surface area contributed by atoms with Gasteiger partial charge in [0.05, 0.1) is 15.6 Å². The van der Waals surface area contributed by atoms with E-state index in [9.17, 15) is 20.0 Å². The van der Waals surface area contributed by atoms with Gasteiger partial charge in [-0.15, -0.1) is 0 Å². The maximum Gasteiger partial charge on any atom is 0.284 e. The Morgan fingerprint density at radius 1 is 1.28 bits per heavy atom. The van der Waals surface area contributed by atoms with Crippen molar-refractivity contribution < 1.29 is 14.8 Å². The summed E-state index contributed by atoms with van der Waals surface area (Å²) in [5.74, 6) is -0.0225. The minimum absolute atomic E-state index is 0.0656. The zero-order valence-corrected chi connectivity index (χ0v) is 14.8. The molecule has 0 spiro atoms. The summed E-state index contributed by atoms with van der Waals surface area (Å²) in [6.07, 6.45) is 3.03. The third kappa shape index (κ3) is 6.00. The van der Waals surface area contributed by atoms with E-state index in [-0.39, 0.29) is 17.3 Å². The third-order valence-corrected chi connectivity index (χ3v) is 4.05. The Morgan fingerprint density at radius 2 is 2.00 bits per heavy atom. The molecule has 0 radical (unpaired) electrons. The van der Waals surface area contributed by atoms with Crippen LogP contribution < -0.4 is 5.43 Å². The molecule has 0 heterocycles. The van der Waals surface area contributed by atoms with Crippen LogP contribution in [0.2, 0.25) is 0 Å². The number of phenols is 1. The predicted octanol–water partition coefficient (Wildman–Crippen LogP) is 3.54. The molecule has 7 nitrogen and oxygen atoms in total. The summed E-state index contributed by atoms with van der Waals surface area (Å²) < 4.78 is 0.382. The fourth-order valence-electron chi connectivity index (χ4n) is 2.10. The number of phenolic OH excluding ortho intramolecular Hbond substituents is 1. The number of halogens is 1. The Balaban J connectivity index is 1.79.